The molecule has 0 radical (unpaired) electrons. The summed E-state index contributed by atoms with van der Waals surface area (Å²) in [4.78, 5) is 0. The van der Waals surface area contributed by atoms with Gasteiger partial charge in [-0.05, 0) is 29.3 Å². The summed E-state index contributed by atoms with van der Waals surface area (Å²) in [6.45, 7) is 1.74. The van der Waals surface area contributed by atoms with E-state index in [4.69, 9.17) is 10.5 Å². The summed E-state index contributed by atoms with van der Waals surface area (Å²) in [5, 5.41) is 0.594. The summed E-state index contributed by atoms with van der Waals surface area (Å²) in [5.41, 5.74) is 5.56. The monoisotopic (exact) mass is 255 g/mol. The van der Waals surface area contributed by atoms with E-state index in [1.165, 1.54) is 19.2 Å². The molecule has 0 heterocycles. The minimum Gasteiger partial charge on any atom is -0.494 e. The average molecular weight is 255 g/mol. The summed E-state index contributed by atoms with van der Waals surface area (Å²) in [6, 6.07) is 6.27. The Balaban J connectivity index is 2.98. The summed E-state index contributed by atoms with van der Waals surface area (Å²) in [5.74, 6) is -0.319. The van der Waals surface area contributed by atoms with Crippen molar-refractivity contribution in [1.29, 1.82) is 0 Å². The Morgan fingerprint density at radius 3 is 2.39 bits per heavy atom. The maximum Gasteiger partial charge on any atom is 0.420 e. The van der Waals surface area contributed by atoms with Gasteiger partial charge < -0.3 is 10.5 Å². The molecule has 0 atom stereocenters. The van der Waals surface area contributed by atoms with Gasteiger partial charge in [0.2, 0.25) is 0 Å². The normalized spacial score (nSPS) is 11.8. The number of ether oxygens (including phenoxy) is 1. The van der Waals surface area contributed by atoms with E-state index in [2.05, 4.69) is 0 Å². The summed E-state index contributed by atoms with van der Waals surface area (Å²) >= 11 is 0. The largest absolute Gasteiger partial charge is 0.494 e. The lowest BCUT2D eigenvalue weighted by Gasteiger charge is -2.17. The number of nitrogen functional groups attached to an aromatic ring is 1. The van der Waals surface area contributed by atoms with Crippen LogP contribution in [0, 0.1) is 6.92 Å². The lowest BCUT2D eigenvalue weighted by Crippen LogP contribution is -2.10. The van der Waals surface area contributed by atoms with Gasteiger partial charge in [0.05, 0.1) is 12.8 Å². The highest BCUT2D eigenvalue weighted by Gasteiger charge is 2.37. The minimum atomic E-state index is -4.51. The molecule has 0 aliphatic rings. The van der Waals surface area contributed by atoms with Crippen LogP contribution in [0.25, 0.3) is 10.8 Å². The van der Waals surface area contributed by atoms with Crippen LogP contribution in [0.1, 0.15) is 11.1 Å². The van der Waals surface area contributed by atoms with Crippen molar-refractivity contribution in [3.05, 3.63) is 35.4 Å². The quantitative estimate of drug-likeness (QED) is 0.787. The fraction of sp³-hybridized carbons (Fsp3) is 0.231. The van der Waals surface area contributed by atoms with Gasteiger partial charge in [0.1, 0.15) is 5.56 Å². The molecule has 0 saturated heterocycles. The van der Waals surface area contributed by atoms with Crippen LogP contribution in [0.3, 0.4) is 0 Å². The van der Waals surface area contributed by atoms with Crippen molar-refractivity contribution >= 4 is 16.5 Å². The SMILES string of the molecule is COc1c(N)cc2c(C)cccc2c1C(F)(F)F. The number of methoxy groups -OCH3 is 1. The number of nitrogens with two attached hydrogens (primary N) is 1. The zero-order chi connectivity index (χ0) is 13.5. The first kappa shape index (κ1) is 12.5. The lowest BCUT2D eigenvalue weighted by molar-refractivity contribution is -0.137. The zero-order valence-corrected chi connectivity index (χ0v) is 9.93. The van der Waals surface area contributed by atoms with Crippen molar-refractivity contribution in [2.45, 2.75) is 13.1 Å². The van der Waals surface area contributed by atoms with Crippen molar-refractivity contribution in [2.75, 3.05) is 12.8 Å². The van der Waals surface area contributed by atoms with E-state index >= 15 is 0 Å². The highest BCUT2D eigenvalue weighted by molar-refractivity contribution is 5.94. The van der Waals surface area contributed by atoms with Crippen LogP contribution in [0.2, 0.25) is 0 Å². The third-order valence-corrected chi connectivity index (χ3v) is 2.87. The molecule has 18 heavy (non-hydrogen) atoms. The first-order chi connectivity index (χ1) is 8.36. The Morgan fingerprint density at radius 2 is 1.83 bits per heavy atom. The van der Waals surface area contributed by atoms with Gasteiger partial charge in [0.25, 0.3) is 0 Å². The second-order valence-corrected chi connectivity index (χ2v) is 4.04. The Bertz CT molecular complexity index is 605. The lowest BCUT2D eigenvalue weighted by atomic mass is 9.98. The molecule has 0 unspecified atom stereocenters. The zero-order valence-electron chi connectivity index (χ0n) is 9.93. The molecule has 0 aliphatic carbocycles. The molecule has 2 aromatic rings. The maximum atomic E-state index is 13.1. The third kappa shape index (κ3) is 1.85. The Hall–Kier alpha value is -1.91. The van der Waals surface area contributed by atoms with Crippen LogP contribution in [0.15, 0.2) is 24.3 Å². The van der Waals surface area contributed by atoms with E-state index in [0.29, 0.717) is 5.39 Å². The maximum absolute atomic E-state index is 13.1. The minimum absolute atomic E-state index is 0.00775. The van der Waals surface area contributed by atoms with E-state index in [1.807, 2.05) is 0 Å². The van der Waals surface area contributed by atoms with Crippen LogP contribution < -0.4 is 10.5 Å². The van der Waals surface area contributed by atoms with Gasteiger partial charge >= 0.3 is 6.18 Å². The molecule has 2 aromatic carbocycles. The first-order valence-corrected chi connectivity index (χ1v) is 5.29. The smallest absolute Gasteiger partial charge is 0.420 e. The molecular formula is C13H12F3NO. The molecule has 0 amide bonds. The summed E-state index contributed by atoms with van der Waals surface area (Å²) < 4.78 is 44.2. The molecule has 0 saturated carbocycles. The Morgan fingerprint density at radius 1 is 1.17 bits per heavy atom. The van der Waals surface area contributed by atoms with Crippen molar-refractivity contribution < 1.29 is 17.9 Å². The molecule has 0 aromatic heterocycles. The van der Waals surface area contributed by atoms with Crippen LogP contribution in [-0.4, -0.2) is 7.11 Å². The van der Waals surface area contributed by atoms with E-state index < -0.39 is 11.7 Å². The molecule has 0 bridgehead atoms. The van der Waals surface area contributed by atoms with E-state index in [-0.39, 0.29) is 16.8 Å². The van der Waals surface area contributed by atoms with Crippen LogP contribution in [0.5, 0.6) is 5.75 Å². The van der Waals surface area contributed by atoms with Crippen LogP contribution >= 0.6 is 0 Å². The van der Waals surface area contributed by atoms with Gasteiger partial charge in [-0.15, -0.1) is 0 Å². The first-order valence-electron chi connectivity index (χ1n) is 5.29. The predicted molar refractivity (Wildman–Crippen MR) is 64.7 cm³/mol. The molecule has 0 spiro atoms. The molecule has 5 heteroatoms. The fourth-order valence-corrected chi connectivity index (χ4v) is 2.08. The van der Waals surface area contributed by atoms with E-state index in [9.17, 15) is 13.2 Å². The van der Waals surface area contributed by atoms with Crippen LogP contribution in [0.4, 0.5) is 18.9 Å². The van der Waals surface area contributed by atoms with Gasteiger partial charge in [0.15, 0.2) is 5.75 Å². The molecule has 0 fully saturated rings. The third-order valence-electron chi connectivity index (χ3n) is 2.87. The second kappa shape index (κ2) is 4.08. The number of fused-ring (bicyclic) bond motifs is 1. The fourth-order valence-electron chi connectivity index (χ4n) is 2.08. The molecule has 96 valence electrons. The summed E-state index contributed by atoms with van der Waals surface area (Å²) in [7, 11) is 1.18. The molecular weight excluding hydrogens is 243 g/mol. The number of anilines is 1. The topological polar surface area (TPSA) is 35.2 Å². The van der Waals surface area contributed by atoms with Crippen molar-refractivity contribution in [1.82, 2.24) is 0 Å². The highest BCUT2D eigenvalue weighted by atomic mass is 19.4. The number of hydrogen-bond acceptors (Lipinski definition) is 2. The van der Waals surface area contributed by atoms with Crippen molar-refractivity contribution in [3.8, 4) is 5.75 Å². The number of benzene rings is 2. The van der Waals surface area contributed by atoms with Crippen molar-refractivity contribution in [3.63, 3.8) is 0 Å². The Kier molecular flexibility index (Phi) is 2.84. The second-order valence-electron chi connectivity index (χ2n) is 4.04. The van der Waals surface area contributed by atoms with Gasteiger partial charge in [-0.2, -0.15) is 13.2 Å². The van der Waals surface area contributed by atoms with Crippen LogP contribution in [-0.2, 0) is 6.18 Å². The van der Waals surface area contributed by atoms with Gasteiger partial charge in [-0.3, -0.25) is 0 Å². The molecule has 0 aliphatic heterocycles. The molecule has 2 nitrogen and oxygen atoms in total. The van der Waals surface area contributed by atoms with Crippen molar-refractivity contribution in [2.24, 2.45) is 0 Å². The standard InChI is InChI=1S/C13H12F3NO/c1-7-4-3-5-8-9(7)6-10(17)12(18-2)11(8)13(14,15)16/h3-6H,17H2,1-2H3. The van der Waals surface area contributed by atoms with Gasteiger partial charge in [-0.25, -0.2) is 0 Å². The van der Waals surface area contributed by atoms with Gasteiger partial charge in [0, 0.05) is 0 Å². The predicted octanol–water partition coefficient (Wildman–Crippen LogP) is 3.76. The van der Waals surface area contributed by atoms with E-state index in [1.54, 1.807) is 19.1 Å². The highest BCUT2D eigenvalue weighted by Crippen LogP contribution is 2.44. The van der Waals surface area contributed by atoms with E-state index in [0.717, 1.165) is 5.56 Å². The Labute approximate surface area is 102 Å². The molecule has 2 rings (SSSR count). The van der Waals surface area contributed by atoms with Gasteiger partial charge in [-0.1, -0.05) is 18.2 Å². The average Bonchev–Trinajstić information content (AvgIpc) is 2.27. The molecule has 2 N–H and O–H groups in total. The number of rotatable bonds is 1. The summed E-state index contributed by atoms with van der Waals surface area (Å²) in [6.07, 6.45) is -4.51. The number of aryl methyl sites for hydroxylation is 1. The number of hydrogen-bond donors (Lipinski definition) is 1. The number of alkyl halides is 3. The number of halogens is 3.